The molecule has 0 bridgehead atoms. The monoisotopic (exact) mass is 1940 g/mol. The first-order chi connectivity index (χ1) is 68.9. The summed E-state index contributed by atoms with van der Waals surface area (Å²) < 4.78 is 79.1. The van der Waals surface area contributed by atoms with Crippen LogP contribution >= 0.6 is 0 Å². The number of ether oxygens (including phenoxy) is 2. The lowest BCUT2D eigenvalue weighted by molar-refractivity contribution is -0.286. The summed E-state index contributed by atoms with van der Waals surface area (Å²) in [5, 5.41) is 27.8. The predicted octanol–water partition coefficient (Wildman–Crippen LogP) is 21.9. The van der Waals surface area contributed by atoms with Gasteiger partial charge in [0.2, 0.25) is 0 Å². The first kappa shape index (κ1) is 101. The van der Waals surface area contributed by atoms with E-state index < -0.39 is 18.0 Å². The first-order valence-electron chi connectivity index (χ1n) is 44.8. The third-order valence-corrected chi connectivity index (χ3v) is 22.3. The molecule has 0 saturated carbocycles. The Morgan fingerprint density at radius 2 is 0.639 bits per heavy atom. The van der Waals surface area contributed by atoms with Crippen LogP contribution in [0.15, 0.2) is 323 Å². The summed E-state index contributed by atoms with van der Waals surface area (Å²) in [6, 6.07) is 68.9. The number of carbonyl (C=O) groups is 4. The number of rotatable bonds is 29. The van der Waals surface area contributed by atoms with Crippen LogP contribution < -0.4 is 79.8 Å². The van der Waals surface area contributed by atoms with Crippen molar-refractivity contribution in [1.29, 1.82) is 0 Å². The summed E-state index contributed by atoms with van der Waals surface area (Å²) >= 11 is 0. The number of nitrogens with one attached hydrogen (secondary N) is 8. The molecular weight excluding hydrogens is 1840 g/mol. The van der Waals surface area contributed by atoms with Crippen molar-refractivity contribution < 1.29 is 55.1 Å². The van der Waals surface area contributed by atoms with Gasteiger partial charge in [-0.3, -0.25) is 19.2 Å². The Morgan fingerprint density at radius 3 is 0.951 bits per heavy atom. The molecule has 17 rings (SSSR count). The highest BCUT2D eigenvalue weighted by atomic mass is 19.4. The summed E-state index contributed by atoms with van der Waals surface area (Å²) in [4.78, 5) is 88.8. The van der Waals surface area contributed by atoms with Gasteiger partial charge >= 0.3 is 12.5 Å². The van der Waals surface area contributed by atoms with Gasteiger partial charge in [0, 0.05) is 142 Å². The van der Waals surface area contributed by atoms with E-state index in [-0.39, 0.29) is 35.1 Å². The summed E-state index contributed by atoms with van der Waals surface area (Å²) in [5.41, 5.74) is 45.1. The Morgan fingerprint density at radius 1 is 0.333 bits per heavy atom. The average Bonchev–Trinajstić information content (AvgIpc) is 1.62. The van der Waals surface area contributed by atoms with Crippen molar-refractivity contribution in [1.82, 2.24) is 45.0 Å². The molecule has 16 N–H and O–H groups in total. The Bertz CT molecular complexity index is 7430. The van der Waals surface area contributed by atoms with Crippen LogP contribution in [0.5, 0.6) is 11.5 Å². The Kier molecular flexibility index (Phi) is 32.1. The van der Waals surface area contributed by atoms with Gasteiger partial charge in [0.15, 0.2) is 11.5 Å². The number of nitrogen functional groups attached to an aromatic ring is 4. The molecule has 0 saturated heterocycles. The molecule has 0 aliphatic carbocycles. The maximum Gasteiger partial charge on any atom is 0.586 e. The number of hydrogen-bond donors (Lipinski definition) is 12. The quantitative estimate of drug-likeness (QED) is 0.0153. The van der Waals surface area contributed by atoms with Gasteiger partial charge in [-0.2, -0.15) is 13.2 Å². The van der Waals surface area contributed by atoms with E-state index in [0.29, 0.717) is 162 Å². The summed E-state index contributed by atoms with van der Waals surface area (Å²) in [6.07, 6.45) is 8.24. The molecule has 11 aromatic carbocycles. The normalized spacial score (nSPS) is 11.4. The largest absolute Gasteiger partial charge is 0.586 e. The van der Waals surface area contributed by atoms with E-state index in [9.17, 15) is 41.1 Å². The van der Waals surface area contributed by atoms with Crippen LogP contribution in [-0.4, -0.2) is 89.0 Å². The number of aromatic nitrogens is 9. The van der Waals surface area contributed by atoms with Crippen LogP contribution in [0.3, 0.4) is 0 Å². The van der Waals surface area contributed by atoms with E-state index in [1.807, 2.05) is 186 Å². The number of nitrogens with zero attached hydrogens (tertiary/aromatic N) is 10. The highest BCUT2D eigenvalue weighted by molar-refractivity contribution is 6.08. The minimum Gasteiger partial charge on any atom is -0.399 e. The lowest BCUT2D eigenvalue weighted by Crippen LogP contribution is -2.25. The molecule has 6 heterocycles. The van der Waals surface area contributed by atoms with E-state index >= 15 is 0 Å². The van der Waals surface area contributed by atoms with Crippen molar-refractivity contribution in [2.24, 2.45) is 0 Å². The molecule has 5 aromatic heterocycles. The fraction of sp³-hybridized carbons (Fsp3) is 0.118. The lowest BCUT2D eigenvalue weighted by Gasteiger charge is -2.16. The topological polar surface area (TPSA) is 419 Å². The average molecular weight is 1940 g/mol. The molecule has 0 spiro atoms. The molecule has 0 radical (unpaired) electrons. The van der Waals surface area contributed by atoms with Crippen LogP contribution in [0.1, 0.15) is 143 Å². The second-order valence-electron chi connectivity index (χ2n) is 33.7. The second-order valence-corrected chi connectivity index (χ2v) is 33.7. The summed E-state index contributed by atoms with van der Waals surface area (Å²) in [7, 11) is 4.00. The number of nitrogens with two attached hydrogens (primary N) is 4. The zero-order chi connectivity index (χ0) is 102. The van der Waals surface area contributed by atoms with Gasteiger partial charge in [-0.1, -0.05) is 129 Å². The predicted molar refractivity (Wildman–Crippen MR) is 556 cm³/mol. The minimum absolute atomic E-state index is 0.0531. The van der Waals surface area contributed by atoms with Crippen LogP contribution in [0.2, 0.25) is 0 Å². The zero-order valence-corrected chi connectivity index (χ0v) is 79.4. The Hall–Kier alpha value is -18.8. The number of fused-ring (bicyclic) bond motifs is 1. The molecule has 728 valence electrons. The van der Waals surface area contributed by atoms with Gasteiger partial charge in [-0.15, -0.1) is 8.78 Å². The smallest absolute Gasteiger partial charge is 0.399 e. The summed E-state index contributed by atoms with van der Waals surface area (Å²) in [5.74, 6) is 1.83. The van der Waals surface area contributed by atoms with Crippen molar-refractivity contribution in [2.45, 2.75) is 72.8 Å². The highest BCUT2D eigenvalue weighted by Crippen LogP contribution is 2.43. The third-order valence-electron chi connectivity index (χ3n) is 22.3. The van der Waals surface area contributed by atoms with Crippen molar-refractivity contribution in [3.63, 3.8) is 0 Å². The van der Waals surface area contributed by atoms with Gasteiger partial charge in [-0.25, -0.2) is 39.9 Å². The molecule has 0 fully saturated rings. The number of alkyl halides is 5. The molecule has 144 heavy (non-hydrogen) atoms. The maximum absolute atomic E-state index is 13.3. The molecule has 0 atom stereocenters. The second kappa shape index (κ2) is 45.7. The third kappa shape index (κ3) is 28.0. The molecule has 1 aliphatic rings. The molecule has 16 aromatic rings. The van der Waals surface area contributed by atoms with Crippen LogP contribution in [0, 0.1) is 34.6 Å². The van der Waals surface area contributed by atoms with Gasteiger partial charge in [0.1, 0.15) is 29.1 Å². The summed E-state index contributed by atoms with van der Waals surface area (Å²) in [6.45, 7) is 25.3. The Balaban J connectivity index is 0.000000152. The fourth-order valence-corrected chi connectivity index (χ4v) is 14.7. The first-order valence-corrected chi connectivity index (χ1v) is 44.8. The number of hydrogen-bond acceptors (Lipinski definition) is 25. The van der Waals surface area contributed by atoms with E-state index in [2.05, 4.69) is 129 Å². The number of carbonyl (C=O) groups excluding carboxylic acids is 4. The lowest BCUT2D eigenvalue weighted by atomic mass is 10.1. The Labute approximate surface area is 827 Å². The molecule has 1 aliphatic heterocycles. The molecule has 29 nitrogen and oxygen atoms in total. The van der Waals surface area contributed by atoms with Gasteiger partial charge in [-0.05, 0) is 230 Å². The van der Waals surface area contributed by atoms with Crippen LogP contribution in [0.25, 0.3) is 22.8 Å². The van der Waals surface area contributed by atoms with Crippen LogP contribution in [0.4, 0.5) is 95.9 Å². The number of anilines is 13. The highest BCUT2D eigenvalue weighted by Gasteiger charge is 2.43. The van der Waals surface area contributed by atoms with Gasteiger partial charge in [0.05, 0.1) is 89.6 Å². The van der Waals surface area contributed by atoms with Crippen molar-refractivity contribution in [3.05, 3.63) is 442 Å². The van der Waals surface area contributed by atoms with Crippen molar-refractivity contribution in [3.8, 4) is 11.5 Å². The number of amides is 4. The number of aryl methyl sites for hydroxylation is 5. The number of benzene rings is 11. The molecular formula is C110H101F5N22O7. The fourth-order valence-electron chi connectivity index (χ4n) is 14.7. The van der Waals surface area contributed by atoms with Gasteiger partial charge < -0.3 is 84.4 Å². The van der Waals surface area contributed by atoms with E-state index in [0.717, 1.165) is 90.5 Å². The van der Waals surface area contributed by atoms with Crippen LogP contribution in [-0.2, 0) is 31.9 Å². The maximum atomic E-state index is 13.3. The van der Waals surface area contributed by atoms with E-state index in [1.165, 1.54) is 36.7 Å². The standard InChI is InChI=1S/C29H30N6O.C28H24F3N5O.C28H23F2N5O3.C25H24N6O2/c1-19-11-12-24(33-20(2)22-8-6-10-26(15-22)35(3)4)16-27(19)29(36)34-25-17-31-28(32-18-25)14-21-7-5-9-23(30)13-21;1-17-6-11-23(35-18(2)20-7-9-21(10-8-20)28(29,30)31)14-25(17)27(37)36-24-15-33-26(34-16-24)13-19-4-3-5-22(32)12-19;1-16-6-8-21(34-17(2)19-7-9-24-25(12-19)38-28(29,30)37-24)13-23(16)27(36)35-22-14-32-26(33-15-22)11-18-4-3-5-20(31)10-18;1-15-7-8-20(30-16(2)23-14-29-33-17(23)3)11-22(15)25(32)31-21-12-27-24(28-13-21)10-18-5-4-6-19(26)9-18/h5-13,15-18,33H,2,14,30H2,1,3-4H3,(H,34,36);3-12,14-16,35H,2,13,32H2,1H3,(H,36,37);3-10,12-15,34H,2,11,31H2,1H3,(H,35,36);4-9,11-14,30H,2,10,26H2,1,3H3,(H,31,32). The van der Waals surface area contributed by atoms with Crippen molar-refractivity contribution in [2.75, 3.05) is 84.5 Å². The van der Waals surface area contributed by atoms with E-state index in [1.54, 1.807) is 105 Å². The SMILES string of the molecule is C=C(Nc1ccc(C)c(C(=O)Nc2cnc(Cc3cccc(N)c3)nc2)c1)c1ccc(C(F)(F)F)cc1.C=C(Nc1ccc(C)c(C(=O)Nc2cnc(Cc3cccc(N)c3)nc2)c1)c1ccc2c(c1)OC(F)(F)O2.C=C(Nc1ccc(C)c(C(=O)Nc2cnc(Cc3cccc(N)c3)nc2)c1)c1cccc(N(C)C)c1.C=C(Nc1ccc(C)c(C(=O)Nc2cnc(Cc3cccc(N)c3)nc2)c1)c1cnoc1C. The molecule has 4 amide bonds. The minimum atomic E-state index is -4.41. The zero-order valence-electron chi connectivity index (χ0n) is 79.4. The molecule has 34 heteroatoms. The van der Waals surface area contributed by atoms with E-state index in [4.69, 9.17) is 27.5 Å². The number of halogens is 5. The van der Waals surface area contributed by atoms with Crippen molar-refractivity contribution >= 4 is 120 Å². The van der Waals surface area contributed by atoms with Gasteiger partial charge in [0.25, 0.3) is 23.6 Å². The molecule has 0 unspecified atom stereocenters.